The molecule has 0 saturated carbocycles. The molecule has 6 nitrogen and oxygen atoms in total. The van der Waals surface area contributed by atoms with Crippen LogP contribution in [0, 0.1) is 0 Å². The van der Waals surface area contributed by atoms with Gasteiger partial charge in [0.05, 0.1) is 0 Å². The Morgan fingerprint density at radius 2 is 1.89 bits per heavy atom. The molecule has 1 saturated heterocycles. The maximum Gasteiger partial charge on any atom is 0.403 e. The summed E-state index contributed by atoms with van der Waals surface area (Å²) >= 11 is 0. The van der Waals surface area contributed by atoms with Gasteiger partial charge in [0.15, 0.2) is 17.5 Å². The van der Waals surface area contributed by atoms with Crippen molar-refractivity contribution in [3.8, 4) is 11.5 Å². The van der Waals surface area contributed by atoms with E-state index >= 15 is 0 Å². The third-order valence-corrected chi connectivity index (χ3v) is 5.07. The second-order valence-electron chi connectivity index (χ2n) is 6.91. The summed E-state index contributed by atoms with van der Waals surface area (Å²) < 4.78 is 49.4. The predicted octanol–water partition coefficient (Wildman–Crippen LogP) is 2.49. The Bertz CT molecular complexity index is 688. The van der Waals surface area contributed by atoms with Gasteiger partial charge in [-0.25, -0.2) is 0 Å². The first kappa shape index (κ1) is 20.6. The van der Waals surface area contributed by atoms with Gasteiger partial charge in [0.25, 0.3) is 0 Å². The average molecular weight is 400 g/mol. The van der Waals surface area contributed by atoms with Crippen molar-refractivity contribution in [2.45, 2.75) is 32.5 Å². The number of alkyl halides is 3. The summed E-state index contributed by atoms with van der Waals surface area (Å²) in [6.45, 7) is 6.53. The lowest BCUT2D eigenvalue weighted by Gasteiger charge is -2.39. The van der Waals surface area contributed by atoms with Gasteiger partial charge in [-0.15, -0.1) is 0 Å². The van der Waals surface area contributed by atoms with Gasteiger partial charge in [0, 0.05) is 39.3 Å². The molecule has 1 aromatic carbocycles. The van der Waals surface area contributed by atoms with E-state index in [-0.39, 0.29) is 6.79 Å². The van der Waals surface area contributed by atoms with E-state index in [0.29, 0.717) is 39.3 Å². The number of rotatable bonds is 5. The van der Waals surface area contributed by atoms with Crippen LogP contribution in [0.2, 0.25) is 0 Å². The monoisotopic (exact) mass is 400 g/mol. The number of piperazine rings is 1. The number of benzene rings is 1. The number of ether oxygens (including phenoxy) is 2. The zero-order valence-corrected chi connectivity index (χ0v) is 16.3. The summed E-state index contributed by atoms with van der Waals surface area (Å²) in [4.78, 5) is 8.17. The van der Waals surface area contributed by atoms with Gasteiger partial charge in [-0.1, -0.05) is 6.07 Å². The summed E-state index contributed by atoms with van der Waals surface area (Å²) in [6, 6.07) is 4.43. The van der Waals surface area contributed by atoms with Gasteiger partial charge in [0.2, 0.25) is 6.79 Å². The third kappa shape index (κ3) is 5.01. The van der Waals surface area contributed by atoms with Gasteiger partial charge in [0.1, 0.15) is 6.04 Å². The van der Waals surface area contributed by atoms with E-state index in [4.69, 9.17) is 9.47 Å². The molecule has 28 heavy (non-hydrogen) atoms. The Balaban J connectivity index is 1.54. The molecule has 1 atom stereocenters. The van der Waals surface area contributed by atoms with Crippen LogP contribution < -0.4 is 14.8 Å². The normalized spacial score (nSPS) is 19.0. The van der Waals surface area contributed by atoms with Crippen LogP contribution in [0.3, 0.4) is 0 Å². The number of guanidine groups is 1. The van der Waals surface area contributed by atoms with Crippen molar-refractivity contribution >= 4 is 5.96 Å². The Kier molecular flexibility index (Phi) is 6.53. The molecule has 0 aromatic heterocycles. The van der Waals surface area contributed by atoms with Crippen molar-refractivity contribution in [1.82, 2.24) is 15.1 Å². The number of halogens is 3. The van der Waals surface area contributed by atoms with Crippen LogP contribution >= 0.6 is 0 Å². The highest BCUT2D eigenvalue weighted by molar-refractivity contribution is 5.80. The minimum atomic E-state index is -4.19. The molecule has 2 heterocycles. The van der Waals surface area contributed by atoms with Gasteiger partial charge in [-0.2, -0.15) is 13.2 Å². The SMILES string of the molecule is CCNC(=NCCc1ccc2c(c1)OCO2)N1CCN(C(C)C(F)(F)F)CC1. The van der Waals surface area contributed by atoms with Crippen molar-refractivity contribution in [1.29, 1.82) is 0 Å². The molecule has 1 fully saturated rings. The van der Waals surface area contributed by atoms with Crippen LogP contribution in [0.5, 0.6) is 11.5 Å². The van der Waals surface area contributed by atoms with Crippen LogP contribution in [0.1, 0.15) is 19.4 Å². The molecule has 0 amide bonds. The summed E-state index contributed by atoms with van der Waals surface area (Å²) in [5, 5.41) is 3.25. The quantitative estimate of drug-likeness (QED) is 0.608. The molecular weight excluding hydrogens is 373 g/mol. The van der Waals surface area contributed by atoms with Gasteiger partial charge in [-0.05, 0) is 38.0 Å². The van der Waals surface area contributed by atoms with Crippen molar-refractivity contribution in [3.05, 3.63) is 23.8 Å². The van der Waals surface area contributed by atoms with E-state index in [1.165, 1.54) is 11.8 Å². The Labute approximate surface area is 163 Å². The highest BCUT2D eigenvalue weighted by atomic mass is 19.4. The molecule has 156 valence electrons. The Hall–Kier alpha value is -2.16. The molecule has 1 N–H and O–H groups in total. The first-order chi connectivity index (χ1) is 13.4. The second kappa shape index (κ2) is 8.89. The van der Waals surface area contributed by atoms with E-state index in [1.807, 2.05) is 30.0 Å². The van der Waals surface area contributed by atoms with E-state index in [0.717, 1.165) is 29.4 Å². The first-order valence-corrected chi connectivity index (χ1v) is 9.61. The molecule has 0 spiro atoms. The van der Waals surface area contributed by atoms with Gasteiger partial charge < -0.3 is 19.7 Å². The summed E-state index contributed by atoms with van der Waals surface area (Å²) in [5.74, 6) is 2.26. The number of fused-ring (bicyclic) bond motifs is 1. The molecule has 9 heteroatoms. The van der Waals surface area contributed by atoms with E-state index in [1.54, 1.807) is 0 Å². The summed E-state index contributed by atoms with van der Waals surface area (Å²) in [5.41, 5.74) is 1.10. The van der Waals surface area contributed by atoms with Crippen LogP contribution in [0.25, 0.3) is 0 Å². The van der Waals surface area contributed by atoms with Crippen molar-refractivity contribution < 1.29 is 22.6 Å². The minimum absolute atomic E-state index is 0.250. The molecular formula is C19H27F3N4O2. The fourth-order valence-corrected chi connectivity index (χ4v) is 3.34. The second-order valence-corrected chi connectivity index (χ2v) is 6.91. The van der Waals surface area contributed by atoms with Crippen molar-refractivity contribution in [2.75, 3.05) is 46.1 Å². The lowest BCUT2D eigenvalue weighted by Crippen LogP contribution is -2.56. The lowest BCUT2D eigenvalue weighted by molar-refractivity contribution is -0.181. The molecule has 2 aliphatic heterocycles. The zero-order valence-electron chi connectivity index (χ0n) is 16.3. The number of nitrogens with zero attached hydrogens (tertiary/aromatic N) is 3. The molecule has 0 bridgehead atoms. The fraction of sp³-hybridized carbons (Fsp3) is 0.632. The topological polar surface area (TPSA) is 49.3 Å². The van der Waals surface area contributed by atoms with Crippen molar-refractivity contribution in [3.63, 3.8) is 0 Å². The van der Waals surface area contributed by atoms with E-state index in [2.05, 4.69) is 10.3 Å². The molecule has 2 aliphatic rings. The number of hydrogen-bond acceptors (Lipinski definition) is 4. The standard InChI is InChI=1S/C19H27F3N4O2/c1-3-23-18(26-10-8-25(9-11-26)14(2)19(20,21)22)24-7-6-15-4-5-16-17(12-15)28-13-27-16/h4-5,12,14H,3,6-11,13H2,1-2H3,(H,23,24). The van der Waals surface area contributed by atoms with E-state index < -0.39 is 12.2 Å². The molecule has 3 rings (SSSR count). The lowest BCUT2D eigenvalue weighted by atomic mass is 10.1. The number of nitrogens with one attached hydrogen (secondary N) is 1. The molecule has 0 radical (unpaired) electrons. The van der Waals surface area contributed by atoms with Crippen LogP contribution in [-0.2, 0) is 6.42 Å². The zero-order chi connectivity index (χ0) is 20.1. The molecule has 1 aromatic rings. The van der Waals surface area contributed by atoms with Gasteiger partial charge >= 0.3 is 6.18 Å². The van der Waals surface area contributed by atoms with E-state index in [9.17, 15) is 13.2 Å². The molecule has 0 aliphatic carbocycles. The Morgan fingerprint density at radius 1 is 1.18 bits per heavy atom. The summed E-state index contributed by atoms with van der Waals surface area (Å²) in [6.07, 6.45) is -3.44. The highest BCUT2D eigenvalue weighted by Crippen LogP contribution is 2.32. The van der Waals surface area contributed by atoms with Gasteiger partial charge in [-0.3, -0.25) is 9.89 Å². The number of hydrogen-bond donors (Lipinski definition) is 1. The predicted molar refractivity (Wildman–Crippen MR) is 101 cm³/mol. The fourth-order valence-electron chi connectivity index (χ4n) is 3.34. The largest absolute Gasteiger partial charge is 0.454 e. The summed E-state index contributed by atoms with van der Waals surface area (Å²) in [7, 11) is 0. The highest BCUT2D eigenvalue weighted by Gasteiger charge is 2.41. The smallest absolute Gasteiger partial charge is 0.403 e. The van der Waals surface area contributed by atoms with Crippen LogP contribution in [0.15, 0.2) is 23.2 Å². The van der Waals surface area contributed by atoms with Crippen LogP contribution in [0.4, 0.5) is 13.2 Å². The number of aliphatic imine (C=N–C) groups is 1. The minimum Gasteiger partial charge on any atom is -0.454 e. The average Bonchev–Trinajstić information content (AvgIpc) is 3.14. The first-order valence-electron chi connectivity index (χ1n) is 9.61. The Morgan fingerprint density at radius 3 is 2.57 bits per heavy atom. The maximum atomic E-state index is 12.9. The van der Waals surface area contributed by atoms with Crippen LogP contribution in [-0.4, -0.2) is 74.0 Å². The maximum absolute atomic E-state index is 12.9. The van der Waals surface area contributed by atoms with Crippen molar-refractivity contribution in [2.24, 2.45) is 4.99 Å². The third-order valence-electron chi connectivity index (χ3n) is 5.07. The molecule has 1 unspecified atom stereocenters.